The summed E-state index contributed by atoms with van der Waals surface area (Å²) < 4.78 is 16.6. The van der Waals surface area contributed by atoms with Gasteiger partial charge in [0, 0.05) is 30.5 Å². The second-order valence-corrected chi connectivity index (χ2v) is 18.8. The number of nitrogens with one attached hydrogen (secondary N) is 2. The lowest BCUT2D eigenvalue weighted by Crippen LogP contribution is -2.24. The summed E-state index contributed by atoms with van der Waals surface area (Å²) >= 11 is 14.3. The van der Waals surface area contributed by atoms with E-state index in [4.69, 9.17) is 10.2 Å². The molecule has 0 fully saturated rings. The summed E-state index contributed by atoms with van der Waals surface area (Å²) in [5.41, 5.74) is 1.49. The summed E-state index contributed by atoms with van der Waals surface area (Å²) in [7, 11) is -1.12. The molecule has 0 aliphatic carbocycles. The number of carbonyl (C=O) groups excluding carboxylic acids is 2. The quantitative estimate of drug-likeness (QED) is 0.0212. The highest BCUT2D eigenvalue weighted by Crippen LogP contribution is 2.20. The van der Waals surface area contributed by atoms with Crippen LogP contribution in [0.5, 0.6) is 0 Å². The van der Waals surface area contributed by atoms with E-state index in [0.29, 0.717) is 33.7 Å². The molecule has 0 aromatic rings. The van der Waals surface area contributed by atoms with Crippen LogP contribution in [0.2, 0.25) is 0 Å². The van der Waals surface area contributed by atoms with Crippen molar-refractivity contribution in [3.8, 4) is 0 Å². The molecule has 0 aromatic heterocycles. The molecule has 0 heterocycles. The molecule has 0 saturated heterocycles. The maximum atomic E-state index is 12.0. The fourth-order valence-electron chi connectivity index (χ4n) is 1.65. The molecule has 0 radical (unpaired) electrons. The zero-order chi connectivity index (χ0) is 30.1. The van der Waals surface area contributed by atoms with Crippen molar-refractivity contribution in [3.63, 3.8) is 0 Å². The van der Waals surface area contributed by atoms with Gasteiger partial charge >= 0.3 is 6.09 Å². The van der Waals surface area contributed by atoms with Crippen molar-refractivity contribution < 1.29 is 38.5 Å². The first-order valence-corrected chi connectivity index (χ1v) is 23.0. The Kier molecular flexibility index (Phi) is 36.5. The minimum atomic E-state index is -1.12. The van der Waals surface area contributed by atoms with E-state index in [9.17, 15) is 13.8 Å². The predicted molar refractivity (Wildman–Crippen MR) is 191 cm³/mol. The lowest BCUT2D eigenvalue weighted by molar-refractivity contribution is -0.221. The molecule has 41 heavy (non-hydrogen) atoms. The number of aliphatic hydroxyl groups excluding tert-OH is 2. The molecule has 1 atom stereocenters. The SMILES string of the molecule is O=C(NCSCSCSCN=CS(=O)CSCSCSC(=O)NCSCSCSCN=COOCCO)OCCO. The second kappa shape index (κ2) is 35.5. The second-order valence-electron chi connectivity index (χ2n) is 6.25. The van der Waals surface area contributed by atoms with Gasteiger partial charge in [-0.2, -0.15) is 4.89 Å². The molecule has 12 nitrogen and oxygen atoms in total. The van der Waals surface area contributed by atoms with Crippen LogP contribution < -0.4 is 10.6 Å². The third-order valence-corrected chi connectivity index (χ3v) is 14.7. The van der Waals surface area contributed by atoms with Crippen molar-refractivity contribution in [2.24, 2.45) is 9.98 Å². The van der Waals surface area contributed by atoms with E-state index in [1.165, 1.54) is 23.7 Å². The summed E-state index contributed by atoms with van der Waals surface area (Å²) in [5.74, 6) is 2.11. The fraction of sp³-hybridized carbons (Fsp3) is 0.789. The van der Waals surface area contributed by atoms with Gasteiger partial charge in [0.1, 0.15) is 13.2 Å². The van der Waals surface area contributed by atoms with E-state index < -0.39 is 16.9 Å². The van der Waals surface area contributed by atoms with Crippen LogP contribution in [0.4, 0.5) is 9.59 Å². The number of rotatable bonds is 29. The van der Waals surface area contributed by atoms with Gasteiger partial charge in [-0.3, -0.25) is 14.0 Å². The Hall–Kier alpha value is 1.06. The molecule has 1 unspecified atom stereocenters. The highest BCUT2D eigenvalue weighted by Gasteiger charge is 2.03. The summed E-state index contributed by atoms with van der Waals surface area (Å²) in [6.07, 6.45) is 0.677. The summed E-state index contributed by atoms with van der Waals surface area (Å²) in [6.45, 7) is -0.186. The van der Waals surface area contributed by atoms with Crippen LogP contribution in [0, 0.1) is 0 Å². The van der Waals surface area contributed by atoms with Gasteiger partial charge in [0.05, 0.1) is 58.2 Å². The van der Waals surface area contributed by atoms with E-state index in [0.717, 1.165) is 25.4 Å². The maximum absolute atomic E-state index is 12.0. The number of nitrogens with zero attached hydrogens (tertiary/aromatic N) is 2. The van der Waals surface area contributed by atoms with E-state index in [1.807, 2.05) is 0 Å². The lowest BCUT2D eigenvalue weighted by Gasteiger charge is -2.05. The number of aliphatic hydroxyl groups is 2. The van der Waals surface area contributed by atoms with E-state index in [2.05, 4.69) is 35.1 Å². The molecule has 0 bridgehead atoms. The molecule has 0 aliphatic rings. The molecule has 2 amide bonds. The molecule has 22 heteroatoms. The van der Waals surface area contributed by atoms with Gasteiger partial charge in [0.15, 0.2) is 0 Å². The minimum Gasteiger partial charge on any atom is -0.447 e. The highest BCUT2D eigenvalue weighted by atomic mass is 32.3. The Morgan fingerprint density at radius 2 is 1.37 bits per heavy atom. The molecule has 0 saturated carbocycles. The largest absolute Gasteiger partial charge is 0.447 e. The van der Waals surface area contributed by atoms with Crippen LogP contribution in [0.25, 0.3) is 0 Å². The molecular formula is C19H36N4O8S10. The minimum absolute atomic E-state index is 0.00689. The average molecular weight is 769 g/mol. The number of thioether (sulfide) groups is 9. The Labute approximate surface area is 282 Å². The number of hydrogen-bond acceptors (Lipinski definition) is 19. The Morgan fingerprint density at radius 3 is 2.07 bits per heavy atom. The van der Waals surface area contributed by atoms with Gasteiger partial charge in [-0.05, 0) is 0 Å². The van der Waals surface area contributed by atoms with Gasteiger partial charge in [0.25, 0.3) is 5.24 Å². The molecule has 0 spiro atoms. The molecule has 0 rings (SSSR count). The van der Waals surface area contributed by atoms with Crippen LogP contribution in [0.3, 0.4) is 0 Å². The third kappa shape index (κ3) is 35.4. The van der Waals surface area contributed by atoms with Gasteiger partial charge in [0.2, 0.25) is 6.40 Å². The Balaban J connectivity index is 3.39. The smallest absolute Gasteiger partial charge is 0.407 e. The summed E-state index contributed by atoms with van der Waals surface area (Å²) in [4.78, 5) is 40.4. The van der Waals surface area contributed by atoms with Gasteiger partial charge in [-0.15, -0.1) is 94.1 Å². The molecular weight excluding hydrogens is 733 g/mol. The van der Waals surface area contributed by atoms with E-state index in [1.54, 1.807) is 94.1 Å². The van der Waals surface area contributed by atoms with Crippen LogP contribution in [0.15, 0.2) is 9.98 Å². The number of carbonyl (C=O) groups is 2. The first-order valence-electron chi connectivity index (χ1n) is 11.4. The Morgan fingerprint density at radius 1 is 0.756 bits per heavy atom. The zero-order valence-corrected chi connectivity index (χ0v) is 30.2. The van der Waals surface area contributed by atoms with Crippen molar-refractivity contribution in [1.82, 2.24) is 10.6 Å². The van der Waals surface area contributed by atoms with Crippen molar-refractivity contribution in [2.45, 2.75) is 0 Å². The molecule has 0 aliphatic heterocycles. The topological polar surface area (TPSA) is 168 Å². The standard InChI is InChI=1S/C19H36N4O8S10/c24-1-3-29-18(26)22-8-34-13-37-12-33-7-21-10-41(28)17-39-15-38-16-40-19(27)23-9-35-14-36-11-32-6-20-5-31-30-4-2-25/h5,10,24-25H,1-4,6-9,11-17H2,(H,22,26)(H,23,27). The number of hydrogen-bond donors (Lipinski definition) is 4. The van der Waals surface area contributed by atoms with Crippen LogP contribution in [-0.4, -0.2) is 123 Å². The van der Waals surface area contributed by atoms with Crippen molar-refractivity contribution in [2.75, 3.05) is 85.5 Å². The van der Waals surface area contributed by atoms with E-state index in [-0.39, 0.29) is 31.7 Å². The van der Waals surface area contributed by atoms with Gasteiger partial charge in [-0.25, -0.2) is 9.79 Å². The van der Waals surface area contributed by atoms with Crippen LogP contribution in [0.1, 0.15) is 0 Å². The maximum Gasteiger partial charge on any atom is 0.407 e. The first kappa shape index (κ1) is 42.1. The first-order chi connectivity index (χ1) is 20.1. The summed E-state index contributed by atoms with van der Waals surface area (Å²) in [6, 6.07) is 0. The number of ether oxygens (including phenoxy) is 1. The van der Waals surface area contributed by atoms with Crippen molar-refractivity contribution in [3.05, 3.63) is 0 Å². The summed E-state index contributed by atoms with van der Waals surface area (Å²) in [5, 5.41) is 27.7. The molecule has 240 valence electrons. The predicted octanol–water partition coefficient (Wildman–Crippen LogP) is 4.29. The number of alkyl carbamates (subject to hydrolysis) is 1. The monoisotopic (exact) mass is 768 g/mol. The normalized spacial score (nSPS) is 12.1. The van der Waals surface area contributed by atoms with Crippen molar-refractivity contribution in [1.29, 1.82) is 0 Å². The third-order valence-electron chi connectivity index (χ3n) is 3.15. The average Bonchev–Trinajstić information content (AvgIpc) is 2.97. The zero-order valence-electron chi connectivity index (χ0n) is 22.1. The fourth-order valence-corrected chi connectivity index (χ4v) is 11.9. The van der Waals surface area contributed by atoms with Gasteiger partial charge < -0.3 is 30.5 Å². The number of amides is 2. The van der Waals surface area contributed by atoms with Gasteiger partial charge in [-0.1, -0.05) is 11.8 Å². The lowest BCUT2D eigenvalue weighted by atomic mass is 10.8. The Bertz CT molecular complexity index is 719. The van der Waals surface area contributed by atoms with Crippen LogP contribution >= 0.6 is 106 Å². The van der Waals surface area contributed by atoms with Crippen molar-refractivity contribution >= 4 is 140 Å². The molecule has 4 N–H and O–H groups in total. The highest BCUT2D eigenvalue weighted by molar-refractivity contribution is 8.29. The number of aliphatic imine (C=N–C) groups is 2. The molecule has 0 aromatic carbocycles. The van der Waals surface area contributed by atoms with Crippen LogP contribution in [-0.2, 0) is 25.3 Å². The van der Waals surface area contributed by atoms with E-state index >= 15 is 0 Å².